The number of nitrogens with one attached hydrogen (secondary N) is 2. The molecule has 2 rings (SSSR count). The summed E-state index contributed by atoms with van der Waals surface area (Å²) in [5.74, 6) is 0.963. The lowest BCUT2D eigenvalue weighted by Gasteiger charge is -2.35. The normalized spacial score (nSPS) is 26.2. The SMILES string of the molecule is CC(C)(C=O)C(C)(C)C(=O)NCCNC(=O)C1C[C@H]2C=CC1C2. The molecule has 2 aliphatic carbocycles. The highest BCUT2D eigenvalue weighted by Crippen LogP contribution is 2.43. The summed E-state index contributed by atoms with van der Waals surface area (Å²) in [5, 5.41) is 5.73. The first-order valence-electron chi connectivity index (χ1n) is 8.39. The van der Waals surface area contributed by atoms with Crippen molar-refractivity contribution < 1.29 is 14.4 Å². The summed E-state index contributed by atoms with van der Waals surface area (Å²) in [4.78, 5) is 35.6. The molecule has 1 fully saturated rings. The van der Waals surface area contributed by atoms with Crippen LogP contribution < -0.4 is 10.6 Å². The fraction of sp³-hybridized carbons (Fsp3) is 0.722. The van der Waals surface area contributed by atoms with Gasteiger partial charge in [0.25, 0.3) is 0 Å². The molecule has 5 heteroatoms. The quantitative estimate of drug-likeness (QED) is 0.426. The minimum Gasteiger partial charge on any atom is -0.354 e. The van der Waals surface area contributed by atoms with E-state index < -0.39 is 10.8 Å². The second-order valence-corrected chi connectivity index (χ2v) is 7.90. The standard InChI is InChI=1S/C18H28N2O3/c1-17(2,11-21)18(3,4)16(23)20-8-7-19-15(22)14-10-12-5-6-13(14)9-12/h5-6,11-14H,7-10H2,1-4H3,(H,19,22)(H,20,23)/t12-,13?,14?/m0/s1. The number of hydrogen-bond acceptors (Lipinski definition) is 3. The number of amides is 2. The summed E-state index contributed by atoms with van der Waals surface area (Å²) in [5.41, 5.74) is -1.54. The lowest BCUT2D eigenvalue weighted by atomic mass is 9.68. The third-order valence-corrected chi connectivity index (χ3v) is 5.80. The smallest absolute Gasteiger partial charge is 0.226 e. The molecule has 0 heterocycles. The molecule has 2 aliphatic rings. The molecule has 0 radical (unpaired) electrons. The number of rotatable bonds is 7. The molecule has 0 saturated heterocycles. The van der Waals surface area contributed by atoms with E-state index in [1.807, 2.05) is 0 Å². The maximum absolute atomic E-state index is 12.3. The molecule has 2 amide bonds. The molecule has 1 saturated carbocycles. The average molecular weight is 320 g/mol. The summed E-state index contributed by atoms with van der Waals surface area (Å²) < 4.78 is 0. The molecule has 128 valence electrons. The predicted molar refractivity (Wildman–Crippen MR) is 88.5 cm³/mol. The zero-order chi connectivity index (χ0) is 17.3. The van der Waals surface area contributed by atoms with E-state index in [1.54, 1.807) is 27.7 Å². The molecular formula is C18H28N2O3. The van der Waals surface area contributed by atoms with E-state index in [0.717, 1.165) is 19.1 Å². The van der Waals surface area contributed by atoms with Gasteiger partial charge in [-0.1, -0.05) is 39.8 Å². The van der Waals surface area contributed by atoms with Crippen molar-refractivity contribution in [3.8, 4) is 0 Å². The van der Waals surface area contributed by atoms with Gasteiger partial charge in [0.1, 0.15) is 6.29 Å². The van der Waals surface area contributed by atoms with Crippen LogP contribution in [0.2, 0.25) is 0 Å². The van der Waals surface area contributed by atoms with Gasteiger partial charge >= 0.3 is 0 Å². The van der Waals surface area contributed by atoms with Gasteiger partial charge < -0.3 is 15.4 Å². The Labute approximate surface area is 138 Å². The highest BCUT2D eigenvalue weighted by atomic mass is 16.2. The molecule has 0 spiro atoms. The Morgan fingerprint density at radius 3 is 2.26 bits per heavy atom. The Bertz CT molecular complexity index is 522. The fourth-order valence-electron chi connectivity index (χ4n) is 3.24. The van der Waals surface area contributed by atoms with E-state index in [9.17, 15) is 14.4 Å². The van der Waals surface area contributed by atoms with Gasteiger partial charge in [-0.15, -0.1) is 0 Å². The van der Waals surface area contributed by atoms with Gasteiger partial charge in [-0.2, -0.15) is 0 Å². The predicted octanol–water partition coefficient (Wildman–Crippen LogP) is 1.68. The van der Waals surface area contributed by atoms with Gasteiger partial charge in [-0.05, 0) is 24.7 Å². The van der Waals surface area contributed by atoms with Crippen molar-refractivity contribution in [2.45, 2.75) is 40.5 Å². The van der Waals surface area contributed by atoms with Gasteiger partial charge in [0.15, 0.2) is 0 Å². The number of carbonyl (C=O) groups is 3. The average Bonchev–Trinajstić information content (AvgIpc) is 3.13. The Morgan fingerprint density at radius 2 is 1.74 bits per heavy atom. The van der Waals surface area contributed by atoms with Crippen LogP contribution in [0, 0.1) is 28.6 Å². The highest BCUT2D eigenvalue weighted by Gasteiger charge is 2.43. The maximum Gasteiger partial charge on any atom is 0.226 e. The maximum atomic E-state index is 12.3. The van der Waals surface area contributed by atoms with Crippen LogP contribution in [0.1, 0.15) is 40.5 Å². The minimum absolute atomic E-state index is 0.0866. The van der Waals surface area contributed by atoms with Crippen molar-refractivity contribution >= 4 is 18.1 Å². The first-order chi connectivity index (χ1) is 10.7. The zero-order valence-electron chi connectivity index (χ0n) is 14.5. The third kappa shape index (κ3) is 3.48. The monoisotopic (exact) mass is 320 g/mol. The summed E-state index contributed by atoms with van der Waals surface area (Å²) in [7, 11) is 0. The molecule has 0 aromatic carbocycles. The molecule has 5 nitrogen and oxygen atoms in total. The summed E-state index contributed by atoms with van der Waals surface area (Å²) >= 11 is 0. The van der Waals surface area contributed by atoms with E-state index in [-0.39, 0.29) is 17.7 Å². The van der Waals surface area contributed by atoms with Gasteiger partial charge in [0.2, 0.25) is 11.8 Å². The molecule has 0 aromatic rings. The third-order valence-electron chi connectivity index (χ3n) is 5.80. The molecule has 23 heavy (non-hydrogen) atoms. The van der Waals surface area contributed by atoms with Crippen molar-refractivity contribution in [1.29, 1.82) is 0 Å². The van der Waals surface area contributed by atoms with Crippen molar-refractivity contribution in [2.24, 2.45) is 28.6 Å². The van der Waals surface area contributed by atoms with Gasteiger partial charge in [0.05, 0.1) is 5.41 Å². The molecular weight excluding hydrogens is 292 g/mol. The van der Waals surface area contributed by atoms with Gasteiger partial charge in [-0.3, -0.25) is 9.59 Å². The number of carbonyl (C=O) groups excluding carboxylic acids is 3. The summed E-state index contributed by atoms with van der Waals surface area (Å²) in [6, 6.07) is 0. The largest absolute Gasteiger partial charge is 0.354 e. The second kappa shape index (κ2) is 6.46. The second-order valence-electron chi connectivity index (χ2n) is 7.90. The van der Waals surface area contributed by atoms with Gasteiger partial charge in [-0.25, -0.2) is 0 Å². The molecule has 2 bridgehead atoms. The van der Waals surface area contributed by atoms with Crippen LogP contribution in [0.25, 0.3) is 0 Å². The van der Waals surface area contributed by atoms with E-state index in [0.29, 0.717) is 24.9 Å². The van der Waals surface area contributed by atoms with Crippen molar-refractivity contribution in [3.05, 3.63) is 12.2 Å². The van der Waals surface area contributed by atoms with Crippen molar-refractivity contribution in [3.63, 3.8) is 0 Å². The summed E-state index contributed by atoms with van der Waals surface area (Å²) in [6.45, 7) is 7.82. The Hall–Kier alpha value is -1.65. The zero-order valence-corrected chi connectivity index (χ0v) is 14.5. The first kappa shape index (κ1) is 17.7. The van der Waals surface area contributed by atoms with Crippen LogP contribution in [0.3, 0.4) is 0 Å². The van der Waals surface area contributed by atoms with Crippen LogP contribution in [0.4, 0.5) is 0 Å². The molecule has 2 N–H and O–H groups in total. The molecule has 2 unspecified atom stereocenters. The topological polar surface area (TPSA) is 75.3 Å². The molecule has 0 aromatic heterocycles. The Balaban J connectivity index is 1.73. The lowest BCUT2D eigenvalue weighted by Crippen LogP contribution is -2.49. The van der Waals surface area contributed by atoms with Gasteiger partial charge in [0, 0.05) is 24.4 Å². The van der Waals surface area contributed by atoms with Crippen LogP contribution in [-0.2, 0) is 14.4 Å². The number of aldehydes is 1. The van der Waals surface area contributed by atoms with Crippen molar-refractivity contribution in [1.82, 2.24) is 10.6 Å². The number of hydrogen-bond donors (Lipinski definition) is 2. The molecule has 0 aliphatic heterocycles. The van der Waals surface area contributed by atoms with Crippen LogP contribution in [0.15, 0.2) is 12.2 Å². The van der Waals surface area contributed by atoms with E-state index in [2.05, 4.69) is 22.8 Å². The number of fused-ring (bicyclic) bond motifs is 2. The number of allylic oxidation sites excluding steroid dienone is 2. The fourth-order valence-corrected chi connectivity index (χ4v) is 3.24. The van der Waals surface area contributed by atoms with Crippen molar-refractivity contribution in [2.75, 3.05) is 13.1 Å². The highest BCUT2D eigenvalue weighted by molar-refractivity contribution is 5.86. The minimum atomic E-state index is -0.797. The van der Waals surface area contributed by atoms with Crippen LogP contribution in [-0.4, -0.2) is 31.2 Å². The van der Waals surface area contributed by atoms with E-state index in [1.165, 1.54) is 0 Å². The first-order valence-corrected chi connectivity index (χ1v) is 8.39. The van der Waals surface area contributed by atoms with Crippen LogP contribution >= 0.6 is 0 Å². The Morgan fingerprint density at radius 1 is 1.09 bits per heavy atom. The lowest BCUT2D eigenvalue weighted by molar-refractivity contribution is -0.140. The van der Waals surface area contributed by atoms with E-state index in [4.69, 9.17) is 0 Å². The molecule has 3 atom stereocenters. The summed E-state index contributed by atoms with van der Waals surface area (Å²) in [6.07, 6.45) is 7.23. The Kier molecular flexibility index (Phi) is 4.97. The van der Waals surface area contributed by atoms with E-state index >= 15 is 0 Å². The van der Waals surface area contributed by atoms with Crippen LogP contribution in [0.5, 0.6) is 0 Å².